The lowest BCUT2D eigenvalue weighted by Gasteiger charge is -2.10. The third kappa shape index (κ3) is 2.58. The van der Waals surface area contributed by atoms with Crippen LogP contribution >= 0.6 is 11.3 Å². The van der Waals surface area contributed by atoms with Crippen LogP contribution in [0.2, 0.25) is 0 Å². The first-order chi connectivity index (χ1) is 9.74. The molecule has 2 aromatic carbocycles. The number of anilines is 2. The summed E-state index contributed by atoms with van der Waals surface area (Å²) < 4.78 is 0. The molecule has 0 radical (unpaired) electrons. The molecule has 2 nitrogen and oxygen atoms in total. The normalized spacial score (nSPS) is 10.5. The van der Waals surface area contributed by atoms with Gasteiger partial charge in [-0.2, -0.15) is 0 Å². The first-order valence-electron chi connectivity index (χ1n) is 6.59. The van der Waals surface area contributed by atoms with E-state index in [2.05, 4.69) is 54.5 Å². The molecule has 20 heavy (non-hydrogen) atoms. The number of benzene rings is 2. The van der Waals surface area contributed by atoms with Crippen molar-refractivity contribution >= 4 is 22.7 Å². The molecule has 0 saturated heterocycles. The fourth-order valence-corrected chi connectivity index (χ4v) is 3.00. The molecular formula is C17H16N2S. The molecule has 0 aliphatic heterocycles. The van der Waals surface area contributed by atoms with E-state index in [9.17, 15) is 0 Å². The van der Waals surface area contributed by atoms with Gasteiger partial charge in [0, 0.05) is 21.8 Å². The average molecular weight is 280 g/mol. The summed E-state index contributed by atoms with van der Waals surface area (Å²) in [5.41, 5.74) is 4.44. The first kappa shape index (κ1) is 12.9. The quantitative estimate of drug-likeness (QED) is 0.716. The van der Waals surface area contributed by atoms with Gasteiger partial charge in [-0.25, -0.2) is 4.98 Å². The lowest BCUT2D eigenvalue weighted by atomic mass is 10.1. The van der Waals surface area contributed by atoms with Crippen LogP contribution in [0.1, 0.15) is 10.6 Å². The van der Waals surface area contributed by atoms with Crippen molar-refractivity contribution in [1.29, 1.82) is 0 Å². The summed E-state index contributed by atoms with van der Waals surface area (Å²) in [6.45, 7) is 4.17. The Morgan fingerprint density at radius 2 is 1.60 bits per heavy atom. The molecule has 1 heterocycles. The third-order valence-electron chi connectivity index (χ3n) is 3.24. The van der Waals surface area contributed by atoms with Crippen molar-refractivity contribution < 1.29 is 0 Å². The van der Waals surface area contributed by atoms with E-state index < -0.39 is 0 Å². The minimum atomic E-state index is 1.07. The van der Waals surface area contributed by atoms with E-state index in [1.165, 1.54) is 4.88 Å². The highest BCUT2D eigenvalue weighted by atomic mass is 32.1. The summed E-state index contributed by atoms with van der Waals surface area (Å²) >= 11 is 1.74. The van der Waals surface area contributed by atoms with Crippen molar-refractivity contribution in [2.24, 2.45) is 0 Å². The number of hydrogen-bond acceptors (Lipinski definition) is 3. The maximum absolute atomic E-state index is 4.66. The second-order valence-electron chi connectivity index (χ2n) is 4.70. The van der Waals surface area contributed by atoms with E-state index in [0.29, 0.717) is 0 Å². The van der Waals surface area contributed by atoms with Crippen LogP contribution in [-0.2, 0) is 0 Å². The second kappa shape index (κ2) is 5.47. The summed E-state index contributed by atoms with van der Waals surface area (Å²) in [6, 6.07) is 18.5. The molecule has 0 bridgehead atoms. The first-order valence-corrected chi connectivity index (χ1v) is 7.41. The third-order valence-corrected chi connectivity index (χ3v) is 4.34. The van der Waals surface area contributed by atoms with Gasteiger partial charge in [0.25, 0.3) is 0 Å². The van der Waals surface area contributed by atoms with Crippen LogP contribution in [0.15, 0.2) is 54.6 Å². The Hall–Kier alpha value is -2.13. The molecule has 3 aromatic rings. The van der Waals surface area contributed by atoms with E-state index in [1.807, 2.05) is 24.3 Å². The Labute approximate surface area is 123 Å². The largest absolute Gasteiger partial charge is 0.355 e. The molecule has 0 aliphatic carbocycles. The number of aromatic nitrogens is 1. The Kier molecular flexibility index (Phi) is 3.52. The number of nitrogens with zero attached hydrogens (tertiary/aromatic N) is 1. The lowest BCUT2D eigenvalue weighted by molar-refractivity contribution is 1.23. The molecule has 1 aromatic heterocycles. The molecule has 0 fully saturated rings. The Morgan fingerprint density at radius 3 is 2.30 bits per heavy atom. The zero-order valence-corrected chi connectivity index (χ0v) is 12.4. The van der Waals surface area contributed by atoms with Crippen LogP contribution in [-0.4, -0.2) is 4.98 Å². The zero-order valence-electron chi connectivity index (χ0n) is 11.6. The van der Waals surface area contributed by atoms with Crippen molar-refractivity contribution in [2.75, 3.05) is 5.32 Å². The van der Waals surface area contributed by atoms with Gasteiger partial charge < -0.3 is 5.32 Å². The number of thiazole rings is 1. The molecule has 0 saturated carbocycles. The van der Waals surface area contributed by atoms with Crippen LogP contribution in [0, 0.1) is 13.8 Å². The van der Waals surface area contributed by atoms with Gasteiger partial charge in [-0.15, -0.1) is 11.3 Å². The fraction of sp³-hybridized carbons (Fsp3) is 0.118. The van der Waals surface area contributed by atoms with E-state index in [1.54, 1.807) is 11.3 Å². The van der Waals surface area contributed by atoms with Gasteiger partial charge >= 0.3 is 0 Å². The molecule has 0 unspecified atom stereocenters. The molecule has 0 spiro atoms. The van der Waals surface area contributed by atoms with E-state index >= 15 is 0 Å². The molecule has 3 rings (SSSR count). The van der Waals surface area contributed by atoms with Crippen molar-refractivity contribution in [1.82, 2.24) is 4.98 Å². The van der Waals surface area contributed by atoms with Crippen molar-refractivity contribution in [3.8, 4) is 10.6 Å². The Balaban J connectivity index is 2.00. The number of aryl methyl sites for hydroxylation is 2. The van der Waals surface area contributed by atoms with Gasteiger partial charge in [0.05, 0.1) is 5.69 Å². The molecule has 3 heteroatoms. The predicted octanol–water partition coefficient (Wildman–Crippen LogP) is 5.17. The number of nitrogens with one attached hydrogen (secondary N) is 1. The minimum Gasteiger partial charge on any atom is -0.355 e. The summed E-state index contributed by atoms with van der Waals surface area (Å²) in [5, 5.41) is 4.53. The smallest absolute Gasteiger partial charge is 0.125 e. The molecule has 0 aliphatic rings. The standard InChI is InChI=1S/C17H16N2S/c1-12-13(2)20-17(18-12)15-10-6-7-11-16(15)19-14-8-4-3-5-9-14/h3-11,19H,1-2H3. The highest BCUT2D eigenvalue weighted by Crippen LogP contribution is 2.33. The summed E-state index contributed by atoms with van der Waals surface area (Å²) in [4.78, 5) is 5.93. The van der Waals surface area contributed by atoms with Gasteiger partial charge in [-0.1, -0.05) is 30.3 Å². The maximum atomic E-state index is 4.66. The van der Waals surface area contributed by atoms with Crippen LogP contribution in [0.4, 0.5) is 11.4 Å². The zero-order chi connectivity index (χ0) is 13.9. The molecule has 0 atom stereocenters. The fourth-order valence-electron chi connectivity index (χ4n) is 2.04. The average Bonchev–Trinajstić information content (AvgIpc) is 2.80. The van der Waals surface area contributed by atoms with E-state index in [4.69, 9.17) is 0 Å². The summed E-state index contributed by atoms with van der Waals surface area (Å²) in [5.74, 6) is 0. The van der Waals surface area contributed by atoms with Crippen LogP contribution < -0.4 is 5.32 Å². The molecule has 100 valence electrons. The highest BCUT2D eigenvalue weighted by molar-refractivity contribution is 7.15. The van der Waals surface area contributed by atoms with Crippen molar-refractivity contribution in [3.63, 3.8) is 0 Å². The number of rotatable bonds is 3. The van der Waals surface area contributed by atoms with Crippen molar-refractivity contribution in [3.05, 3.63) is 65.2 Å². The minimum absolute atomic E-state index is 1.07. The topological polar surface area (TPSA) is 24.9 Å². The highest BCUT2D eigenvalue weighted by Gasteiger charge is 2.10. The van der Waals surface area contributed by atoms with Crippen LogP contribution in [0.25, 0.3) is 10.6 Å². The van der Waals surface area contributed by atoms with E-state index in [0.717, 1.165) is 27.6 Å². The number of para-hydroxylation sites is 2. The molecular weight excluding hydrogens is 264 g/mol. The maximum Gasteiger partial charge on any atom is 0.125 e. The Morgan fingerprint density at radius 1 is 0.900 bits per heavy atom. The molecule has 1 N–H and O–H groups in total. The van der Waals surface area contributed by atoms with Gasteiger partial charge in [-0.3, -0.25) is 0 Å². The van der Waals surface area contributed by atoms with Crippen LogP contribution in [0.3, 0.4) is 0 Å². The van der Waals surface area contributed by atoms with Gasteiger partial charge in [0.15, 0.2) is 0 Å². The van der Waals surface area contributed by atoms with Gasteiger partial charge in [0.2, 0.25) is 0 Å². The Bertz CT molecular complexity index is 697. The van der Waals surface area contributed by atoms with Gasteiger partial charge in [0.1, 0.15) is 5.01 Å². The SMILES string of the molecule is Cc1nc(-c2ccccc2Nc2ccccc2)sc1C. The lowest BCUT2D eigenvalue weighted by Crippen LogP contribution is -1.92. The molecule has 0 amide bonds. The number of hydrogen-bond donors (Lipinski definition) is 1. The predicted molar refractivity (Wildman–Crippen MR) is 86.7 cm³/mol. The van der Waals surface area contributed by atoms with Crippen molar-refractivity contribution in [2.45, 2.75) is 13.8 Å². The monoisotopic (exact) mass is 280 g/mol. The summed E-state index contributed by atoms with van der Waals surface area (Å²) in [7, 11) is 0. The van der Waals surface area contributed by atoms with Gasteiger partial charge in [-0.05, 0) is 38.1 Å². The second-order valence-corrected chi connectivity index (χ2v) is 5.90. The summed E-state index contributed by atoms with van der Waals surface area (Å²) in [6.07, 6.45) is 0. The van der Waals surface area contributed by atoms with E-state index in [-0.39, 0.29) is 0 Å². The van der Waals surface area contributed by atoms with Crippen LogP contribution in [0.5, 0.6) is 0 Å².